The van der Waals surface area contributed by atoms with E-state index in [9.17, 15) is 23.1 Å². The molecule has 0 aliphatic carbocycles. The summed E-state index contributed by atoms with van der Waals surface area (Å²) in [7, 11) is 0. The number of phenols is 1. The van der Waals surface area contributed by atoms with Gasteiger partial charge in [0, 0.05) is 36.9 Å². The Morgan fingerprint density at radius 2 is 2.10 bits per heavy atom. The van der Waals surface area contributed by atoms with Gasteiger partial charge in [0.25, 0.3) is 0 Å². The van der Waals surface area contributed by atoms with Crippen LogP contribution in [0, 0.1) is 6.92 Å². The Balaban J connectivity index is 1.83. The molecule has 9 heteroatoms. The van der Waals surface area contributed by atoms with E-state index in [1.54, 1.807) is 23.2 Å². The average Bonchev–Trinajstić information content (AvgIpc) is 2.67. The molecule has 0 spiro atoms. The molecule has 3 N–H and O–H groups in total. The Morgan fingerprint density at radius 3 is 2.70 bits per heavy atom. The van der Waals surface area contributed by atoms with E-state index in [1.807, 2.05) is 6.92 Å². The number of nitrogen functional groups attached to an aromatic ring is 1. The van der Waals surface area contributed by atoms with Crippen LogP contribution in [0.4, 0.5) is 19.0 Å². The number of likely N-dealkylation sites (N-methyl/N-ethyl adjacent to an activating group) is 1. The zero-order valence-electron chi connectivity index (χ0n) is 16.7. The topological polar surface area (TPSA) is 91.8 Å². The zero-order chi connectivity index (χ0) is 22.1. The second kappa shape index (κ2) is 8.33. The number of nitrogens with zero attached hydrogens (tertiary/aromatic N) is 3. The minimum Gasteiger partial charge on any atom is -0.507 e. The monoisotopic (exact) mass is 420 g/mol. The third-order valence-corrected chi connectivity index (χ3v) is 5.14. The van der Waals surface area contributed by atoms with Crippen molar-refractivity contribution in [2.45, 2.75) is 38.9 Å². The number of aliphatic imine (C=N–C) groups is 1. The zero-order valence-corrected chi connectivity index (χ0v) is 16.7. The number of nitrogens with two attached hydrogens (primary N) is 1. The third kappa shape index (κ3) is 4.55. The van der Waals surface area contributed by atoms with Crippen molar-refractivity contribution in [2.24, 2.45) is 4.99 Å². The van der Waals surface area contributed by atoms with Crippen LogP contribution >= 0.6 is 0 Å². The second-order valence-corrected chi connectivity index (χ2v) is 7.26. The fourth-order valence-corrected chi connectivity index (χ4v) is 3.51. The number of aromatic nitrogens is 1. The molecule has 1 aliphatic rings. The number of pyridine rings is 1. The number of amides is 1. The van der Waals surface area contributed by atoms with Gasteiger partial charge < -0.3 is 15.7 Å². The first-order valence-corrected chi connectivity index (χ1v) is 9.58. The lowest BCUT2D eigenvalue weighted by Crippen LogP contribution is -2.41. The van der Waals surface area contributed by atoms with Gasteiger partial charge >= 0.3 is 6.18 Å². The summed E-state index contributed by atoms with van der Waals surface area (Å²) in [5.74, 6) is -0.238. The first-order chi connectivity index (χ1) is 14.1. The van der Waals surface area contributed by atoms with Crippen molar-refractivity contribution in [3.8, 4) is 17.0 Å². The number of halogens is 3. The molecule has 1 unspecified atom stereocenters. The Hall–Kier alpha value is -3.10. The van der Waals surface area contributed by atoms with E-state index in [2.05, 4.69) is 9.98 Å². The number of alkyl halides is 3. The molecule has 0 radical (unpaired) electrons. The number of carbonyl (C=O) groups excluding carboxylic acids is 1. The van der Waals surface area contributed by atoms with Crippen LogP contribution in [0.25, 0.3) is 11.3 Å². The van der Waals surface area contributed by atoms with Crippen LogP contribution < -0.4 is 5.73 Å². The SMILES string of the molecule is CCN1CC(N=Cc2ccc(-c3c(C)cc(C(F)(F)F)cc3O)nc2N)CCC1=O. The molecule has 2 heterocycles. The van der Waals surface area contributed by atoms with E-state index >= 15 is 0 Å². The van der Waals surface area contributed by atoms with Gasteiger partial charge in [-0.1, -0.05) is 0 Å². The van der Waals surface area contributed by atoms with Crippen molar-refractivity contribution in [3.63, 3.8) is 0 Å². The van der Waals surface area contributed by atoms with Crippen molar-refractivity contribution >= 4 is 17.9 Å². The lowest BCUT2D eigenvalue weighted by Gasteiger charge is -2.29. The van der Waals surface area contributed by atoms with Gasteiger partial charge in [-0.15, -0.1) is 0 Å². The first-order valence-electron chi connectivity index (χ1n) is 9.58. The van der Waals surface area contributed by atoms with Crippen molar-refractivity contribution in [1.82, 2.24) is 9.88 Å². The van der Waals surface area contributed by atoms with Gasteiger partial charge in [0.2, 0.25) is 5.91 Å². The van der Waals surface area contributed by atoms with E-state index in [4.69, 9.17) is 5.73 Å². The molecule has 160 valence electrons. The lowest BCUT2D eigenvalue weighted by molar-refractivity contribution is -0.137. The minimum absolute atomic E-state index is 0.0251. The molecule has 1 aromatic heterocycles. The number of aromatic hydroxyl groups is 1. The van der Waals surface area contributed by atoms with Crippen molar-refractivity contribution in [3.05, 3.63) is 41.0 Å². The Morgan fingerprint density at radius 1 is 1.37 bits per heavy atom. The number of hydrogen-bond acceptors (Lipinski definition) is 5. The molecule has 6 nitrogen and oxygen atoms in total. The quantitative estimate of drug-likeness (QED) is 0.736. The Labute approximate surface area is 172 Å². The maximum Gasteiger partial charge on any atom is 0.416 e. The summed E-state index contributed by atoms with van der Waals surface area (Å²) in [6.07, 6.45) is -1.84. The van der Waals surface area contributed by atoms with E-state index < -0.39 is 17.5 Å². The van der Waals surface area contributed by atoms with Crippen molar-refractivity contribution < 1.29 is 23.1 Å². The molecule has 1 fully saturated rings. The summed E-state index contributed by atoms with van der Waals surface area (Å²) in [6.45, 7) is 4.58. The molecule has 3 rings (SSSR count). The van der Waals surface area contributed by atoms with Crippen molar-refractivity contribution in [1.29, 1.82) is 0 Å². The summed E-state index contributed by atoms with van der Waals surface area (Å²) in [6, 6.07) is 4.85. The number of phenolic OH excluding ortho intramolecular Hbond substituents is 1. The molecule has 1 saturated heterocycles. The number of carbonyl (C=O) groups is 1. The molecular formula is C21H23F3N4O2. The van der Waals surface area contributed by atoms with Crippen LogP contribution in [0.5, 0.6) is 5.75 Å². The fraction of sp³-hybridized carbons (Fsp3) is 0.381. The molecule has 1 aromatic carbocycles. The molecule has 0 bridgehead atoms. The predicted octanol–water partition coefficient (Wildman–Crippen LogP) is 3.79. The van der Waals surface area contributed by atoms with Gasteiger partial charge in [-0.2, -0.15) is 13.2 Å². The van der Waals surface area contributed by atoms with E-state index in [0.717, 1.165) is 6.07 Å². The largest absolute Gasteiger partial charge is 0.507 e. The molecule has 2 aromatic rings. The van der Waals surface area contributed by atoms with Crippen LogP contribution in [0.1, 0.15) is 36.5 Å². The van der Waals surface area contributed by atoms with Gasteiger partial charge in [0.1, 0.15) is 11.6 Å². The molecule has 1 atom stereocenters. The number of aryl methyl sites for hydroxylation is 1. The smallest absolute Gasteiger partial charge is 0.416 e. The number of hydrogen-bond donors (Lipinski definition) is 2. The number of anilines is 1. The molecule has 1 aliphatic heterocycles. The summed E-state index contributed by atoms with van der Waals surface area (Å²) in [5, 5.41) is 10.2. The van der Waals surface area contributed by atoms with Gasteiger partial charge in [-0.05, 0) is 50.1 Å². The normalized spacial score (nSPS) is 17.7. The van der Waals surface area contributed by atoms with Crippen LogP contribution in [0.3, 0.4) is 0 Å². The summed E-state index contributed by atoms with van der Waals surface area (Å²) < 4.78 is 38.8. The highest BCUT2D eigenvalue weighted by molar-refractivity contribution is 5.87. The first kappa shape index (κ1) is 21.6. The Bertz CT molecular complexity index is 966. The maximum absolute atomic E-state index is 12.9. The summed E-state index contributed by atoms with van der Waals surface area (Å²) in [5.41, 5.74) is 6.36. The standard InChI is InChI=1S/C21H23F3N4O2/c1-3-28-11-15(5-7-18(28)30)26-10-13-4-6-16(27-20(13)25)19-12(2)8-14(9-17(19)29)21(22,23)24/h4,6,8-10,15,29H,3,5,7,11H2,1-2H3,(H2,25,27). The van der Waals surface area contributed by atoms with Crippen LogP contribution in [-0.4, -0.2) is 46.2 Å². The second-order valence-electron chi connectivity index (χ2n) is 7.26. The third-order valence-electron chi connectivity index (χ3n) is 5.14. The molecule has 0 saturated carbocycles. The Kier molecular flexibility index (Phi) is 6.00. The fourth-order valence-electron chi connectivity index (χ4n) is 3.51. The summed E-state index contributed by atoms with van der Waals surface area (Å²) >= 11 is 0. The predicted molar refractivity (Wildman–Crippen MR) is 108 cm³/mol. The highest BCUT2D eigenvalue weighted by Crippen LogP contribution is 2.38. The van der Waals surface area contributed by atoms with Gasteiger partial charge in [0.05, 0.1) is 17.3 Å². The van der Waals surface area contributed by atoms with Gasteiger partial charge in [-0.25, -0.2) is 4.98 Å². The van der Waals surface area contributed by atoms with E-state index in [1.165, 1.54) is 6.92 Å². The van der Waals surface area contributed by atoms with Gasteiger partial charge in [-0.3, -0.25) is 9.79 Å². The molecule has 30 heavy (non-hydrogen) atoms. The lowest BCUT2D eigenvalue weighted by atomic mass is 10.00. The highest BCUT2D eigenvalue weighted by Gasteiger charge is 2.32. The van der Waals surface area contributed by atoms with Crippen LogP contribution in [-0.2, 0) is 11.0 Å². The van der Waals surface area contributed by atoms with Crippen LogP contribution in [0.15, 0.2) is 29.3 Å². The van der Waals surface area contributed by atoms with E-state index in [0.29, 0.717) is 37.6 Å². The van der Waals surface area contributed by atoms with Gasteiger partial charge in [0.15, 0.2) is 0 Å². The van der Waals surface area contributed by atoms with E-state index in [-0.39, 0.29) is 34.6 Å². The van der Waals surface area contributed by atoms with Crippen LogP contribution in [0.2, 0.25) is 0 Å². The molecule has 1 amide bonds. The number of rotatable bonds is 4. The summed E-state index contributed by atoms with van der Waals surface area (Å²) in [4.78, 5) is 22.3. The maximum atomic E-state index is 12.9. The number of piperidine rings is 1. The number of likely N-dealkylation sites (tertiary alicyclic amines) is 1. The minimum atomic E-state index is -4.55. The molecular weight excluding hydrogens is 397 g/mol. The highest BCUT2D eigenvalue weighted by atomic mass is 19.4. The number of benzene rings is 1. The average molecular weight is 420 g/mol. The van der Waals surface area contributed by atoms with Crippen molar-refractivity contribution in [2.75, 3.05) is 18.8 Å².